The van der Waals surface area contributed by atoms with E-state index >= 15 is 0 Å². The first-order valence-corrected chi connectivity index (χ1v) is 11.7. The van der Waals surface area contributed by atoms with Crippen molar-refractivity contribution in [1.29, 1.82) is 0 Å². The topological polar surface area (TPSA) is 265 Å². The molecule has 4 rings (SSSR count). The Balaban J connectivity index is 0.000000472. The molecule has 0 aliphatic heterocycles. The van der Waals surface area contributed by atoms with Gasteiger partial charge in [-0.05, 0) is 42.8 Å². The average molecular weight is 550 g/mol. The highest BCUT2D eigenvalue weighted by Gasteiger charge is 2.21. The lowest BCUT2D eigenvalue weighted by atomic mass is 10.1. The number of carboxylic acid groups (broad SMARTS) is 2. The molecule has 0 radical (unpaired) electrons. The lowest BCUT2D eigenvalue weighted by molar-refractivity contribution is -0.140. The molecule has 0 bridgehead atoms. The third kappa shape index (κ3) is 8.14. The molecule has 11 N–H and O–H groups in total. The van der Waals surface area contributed by atoms with E-state index in [9.17, 15) is 19.2 Å². The SMILES string of the molecule is Nc1ccccc1N.Nc1nc2ncc(CNc3ccc(C(=O)NC(CCC(=O)O)C(=O)O)cc3)nc2c(=O)[nH]1. The molecule has 208 valence electrons. The number of nitrogens with zero attached hydrogens (tertiary/aromatic N) is 3. The second-order valence-electron chi connectivity index (χ2n) is 8.34. The molecule has 0 saturated carbocycles. The number of para-hydroxylation sites is 2. The smallest absolute Gasteiger partial charge is 0.326 e. The van der Waals surface area contributed by atoms with Crippen LogP contribution in [0.3, 0.4) is 0 Å². The van der Waals surface area contributed by atoms with Crippen molar-refractivity contribution in [1.82, 2.24) is 25.3 Å². The van der Waals surface area contributed by atoms with Gasteiger partial charge in [-0.1, -0.05) is 12.1 Å². The van der Waals surface area contributed by atoms with E-state index in [0.717, 1.165) is 0 Å². The molecule has 4 aromatic rings. The normalized spacial score (nSPS) is 11.1. The van der Waals surface area contributed by atoms with E-state index in [4.69, 9.17) is 27.4 Å². The van der Waals surface area contributed by atoms with Crippen LogP contribution >= 0.6 is 0 Å². The number of nitrogens with two attached hydrogens (primary N) is 3. The fourth-order valence-electron chi connectivity index (χ4n) is 3.27. The monoisotopic (exact) mass is 549 g/mol. The van der Waals surface area contributed by atoms with Gasteiger partial charge in [-0.2, -0.15) is 4.98 Å². The number of fused-ring (bicyclic) bond motifs is 1. The van der Waals surface area contributed by atoms with Crippen molar-refractivity contribution in [2.45, 2.75) is 25.4 Å². The van der Waals surface area contributed by atoms with Gasteiger partial charge in [-0.3, -0.25) is 19.4 Å². The summed E-state index contributed by atoms with van der Waals surface area (Å²) in [4.78, 5) is 60.6. The molecule has 15 nitrogen and oxygen atoms in total. The molecule has 2 aromatic carbocycles. The third-order valence-corrected chi connectivity index (χ3v) is 5.35. The first-order valence-electron chi connectivity index (χ1n) is 11.7. The second kappa shape index (κ2) is 13.2. The summed E-state index contributed by atoms with van der Waals surface area (Å²) in [6.45, 7) is 0.231. The lowest BCUT2D eigenvalue weighted by Crippen LogP contribution is -2.41. The van der Waals surface area contributed by atoms with Crippen molar-refractivity contribution in [2.24, 2.45) is 0 Å². The highest BCUT2D eigenvalue weighted by atomic mass is 16.4. The average Bonchev–Trinajstić information content (AvgIpc) is 2.92. The maximum Gasteiger partial charge on any atom is 0.326 e. The van der Waals surface area contributed by atoms with E-state index in [2.05, 4.69) is 30.6 Å². The summed E-state index contributed by atoms with van der Waals surface area (Å²) in [6, 6.07) is 12.1. The Hall–Kier alpha value is -5.73. The van der Waals surface area contributed by atoms with Gasteiger partial charge in [0.15, 0.2) is 11.2 Å². The predicted octanol–water partition coefficient (Wildman–Crippen LogP) is 0.806. The minimum absolute atomic E-state index is 0.0524. The maximum atomic E-state index is 12.3. The fraction of sp³-hybridized carbons (Fsp3) is 0.160. The van der Waals surface area contributed by atoms with Gasteiger partial charge < -0.3 is 38.0 Å². The Morgan fingerprint density at radius 3 is 2.17 bits per heavy atom. The molecule has 2 heterocycles. The molecular formula is C25H27N9O6. The van der Waals surface area contributed by atoms with Crippen LogP contribution in [-0.2, 0) is 16.1 Å². The molecule has 0 spiro atoms. The Labute approximate surface area is 226 Å². The Morgan fingerprint density at radius 1 is 0.950 bits per heavy atom. The van der Waals surface area contributed by atoms with Crippen molar-refractivity contribution < 1.29 is 24.6 Å². The van der Waals surface area contributed by atoms with E-state index < -0.39 is 29.4 Å². The predicted molar refractivity (Wildman–Crippen MR) is 147 cm³/mol. The summed E-state index contributed by atoms with van der Waals surface area (Å²) in [7, 11) is 0. The van der Waals surface area contributed by atoms with Crippen LogP contribution in [-0.4, -0.2) is 54.0 Å². The number of hydrogen-bond donors (Lipinski definition) is 8. The van der Waals surface area contributed by atoms with Gasteiger partial charge in [0.25, 0.3) is 11.5 Å². The number of carbonyl (C=O) groups is 3. The quantitative estimate of drug-likeness (QED) is 0.134. The highest BCUT2D eigenvalue weighted by Crippen LogP contribution is 2.13. The Bertz CT molecular complexity index is 1550. The first-order chi connectivity index (χ1) is 19.0. The summed E-state index contributed by atoms with van der Waals surface area (Å²) in [5.74, 6) is -3.16. The van der Waals surface area contributed by atoms with Gasteiger partial charge in [-0.25, -0.2) is 14.8 Å². The molecular weight excluding hydrogens is 522 g/mol. The summed E-state index contributed by atoms with van der Waals surface area (Å²) in [5.41, 5.74) is 18.6. The van der Waals surface area contributed by atoms with Crippen LogP contribution in [0, 0.1) is 0 Å². The van der Waals surface area contributed by atoms with E-state index in [1.54, 1.807) is 24.3 Å². The molecule has 1 atom stereocenters. The number of carbonyl (C=O) groups excluding carboxylic acids is 1. The van der Waals surface area contributed by atoms with Gasteiger partial charge in [0, 0.05) is 17.7 Å². The highest BCUT2D eigenvalue weighted by molar-refractivity contribution is 5.97. The van der Waals surface area contributed by atoms with Crippen LogP contribution in [0.1, 0.15) is 28.9 Å². The zero-order valence-electron chi connectivity index (χ0n) is 21.0. The van der Waals surface area contributed by atoms with E-state index in [0.29, 0.717) is 22.8 Å². The number of rotatable bonds is 9. The number of H-pyrrole nitrogens is 1. The Kier molecular flexibility index (Phi) is 9.50. The summed E-state index contributed by atoms with van der Waals surface area (Å²) in [6.07, 6.45) is 0.840. The number of benzene rings is 2. The molecule has 0 fully saturated rings. The van der Waals surface area contributed by atoms with Gasteiger partial charge in [-0.15, -0.1) is 0 Å². The van der Waals surface area contributed by atoms with E-state index in [1.807, 2.05) is 12.1 Å². The molecule has 0 aliphatic rings. The van der Waals surface area contributed by atoms with E-state index in [-0.39, 0.29) is 42.1 Å². The fourth-order valence-corrected chi connectivity index (χ4v) is 3.27. The summed E-state index contributed by atoms with van der Waals surface area (Å²) < 4.78 is 0. The van der Waals surface area contributed by atoms with Crippen molar-refractivity contribution in [3.05, 3.63) is 76.3 Å². The van der Waals surface area contributed by atoms with Crippen LogP contribution in [0.25, 0.3) is 11.2 Å². The number of amides is 1. The standard InChI is InChI=1S/C19H19N7O6.C6H8N2/c20-19-25-15-14(17(30)26-19)23-11(8-22-15)7-21-10-3-1-9(2-4-10)16(29)24-12(18(31)32)5-6-13(27)28;7-5-3-1-2-4-6(5)8/h1-4,8,12,21H,5-7H2,(H,24,29)(H,27,28)(H,31,32)(H3,20,22,25,26,30);1-4H,7-8H2. The summed E-state index contributed by atoms with van der Waals surface area (Å²) >= 11 is 0. The number of aliphatic carboxylic acids is 2. The number of carboxylic acids is 2. The lowest BCUT2D eigenvalue weighted by Gasteiger charge is -2.14. The largest absolute Gasteiger partial charge is 0.481 e. The van der Waals surface area contributed by atoms with Crippen LogP contribution in [0.5, 0.6) is 0 Å². The van der Waals surface area contributed by atoms with Crippen LogP contribution in [0.2, 0.25) is 0 Å². The molecule has 2 aromatic heterocycles. The van der Waals surface area contributed by atoms with Gasteiger partial charge >= 0.3 is 11.9 Å². The zero-order chi connectivity index (χ0) is 29.2. The van der Waals surface area contributed by atoms with E-state index in [1.165, 1.54) is 18.3 Å². The van der Waals surface area contributed by atoms with Crippen molar-refractivity contribution >= 4 is 52.0 Å². The number of nitrogens with one attached hydrogen (secondary N) is 3. The second-order valence-corrected chi connectivity index (χ2v) is 8.34. The van der Waals surface area contributed by atoms with Crippen molar-refractivity contribution in [3.63, 3.8) is 0 Å². The minimum atomic E-state index is -1.31. The molecule has 0 saturated heterocycles. The van der Waals surface area contributed by atoms with Gasteiger partial charge in [0.1, 0.15) is 6.04 Å². The van der Waals surface area contributed by atoms with Crippen molar-refractivity contribution in [2.75, 3.05) is 22.5 Å². The molecule has 1 unspecified atom stereocenters. The number of aromatic amines is 1. The van der Waals surface area contributed by atoms with Gasteiger partial charge in [0.2, 0.25) is 5.95 Å². The van der Waals surface area contributed by atoms with Crippen LogP contribution in [0.15, 0.2) is 59.5 Å². The number of anilines is 4. The number of hydrogen-bond acceptors (Lipinski definition) is 11. The zero-order valence-corrected chi connectivity index (χ0v) is 21.0. The van der Waals surface area contributed by atoms with Gasteiger partial charge in [0.05, 0.1) is 29.8 Å². The third-order valence-electron chi connectivity index (χ3n) is 5.35. The van der Waals surface area contributed by atoms with Crippen LogP contribution < -0.4 is 33.4 Å². The number of nitrogen functional groups attached to an aromatic ring is 3. The van der Waals surface area contributed by atoms with Crippen LogP contribution in [0.4, 0.5) is 23.0 Å². The molecule has 15 heteroatoms. The molecule has 1 amide bonds. The summed E-state index contributed by atoms with van der Waals surface area (Å²) in [5, 5.41) is 23.2. The number of aromatic nitrogens is 4. The minimum Gasteiger partial charge on any atom is -0.481 e. The maximum absolute atomic E-state index is 12.3. The molecule has 0 aliphatic carbocycles. The Morgan fingerprint density at radius 2 is 1.60 bits per heavy atom. The van der Waals surface area contributed by atoms with Crippen molar-refractivity contribution in [3.8, 4) is 0 Å². The first kappa shape index (κ1) is 28.8. The molecule has 40 heavy (non-hydrogen) atoms.